The molecule has 0 aromatic heterocycles. The second-order valence-electron chi connectivity index (χ2n) is 7.67. The minimum absolute atomic E-state index is 0.0529. The molecule has 4 unspecified atom stereocenters. The maximum absolute atomic E-state index is 13.0. The van der Waals surface area contributed by atoms with Crippen LogP contribution in [0.25, 0.3) is 0 Å². The Balaban J connectivity index is 1.67. The monoisotopic (exact) mass is 347 g/mol. The number of carbonyl (C=O) groups is 2. The number of rotatable bonds is 5. The van der Waals surface area contributed by atoms with Gasteiger partial charge in [0.25, 0.3) is 0 Å². The van der Waals surface area contributed by atoms with E-state index in [1.165, 1.54) is 0 Å². The number of Topliss-reactive ketones (excluding diaryl/α,β-unsaturated/α-hetero) is 2. The van der Waals surface area contributed by atoms with E-state index < -0.39 is 0 Å². The van der Waals surface area contributed by atoms with Crippen molar-refractivity contribution in [1.82, 2.24) is 4.90 Å². The highest BCUT2D eigenvalue weighted by atomic mass is 16.1. The second kappa shape index (κ2) is 7.16. The first-order valence-electron chi connectivity index (χ1n) is 9.53. The summed E-state index contributed by atoms with van der Waals surface area (Å²) in [4.78, 5) is 28.3. The first-order valence-corrected chi connectivity index (χ1v) is 9.53. The molecule has 2 aliphatic heterocycles. The van der Waals surface area contributed by atoms with Crippen LogP contribution >= 0.6 is 0 Å². The Morgan fingerprint density at radius 3 is 2.38 bits per heavy atom. The van der Waals surface area contributed by atoms with E-state index in [9.17, 15) is 9.59 Å². The molecule has 0 N–H and O–H groups in total. The van der Waals surface area contributed by atoms with Crippen LogP contribution in [-0.4, -0.2) is 35.6 Å². The standard InChI is InChI=1S/C23H25NO2/c1-24-18-12-13-20(24)23(22(26)14-18)19(16-8-4-2-5-9-16)15-21(25)17-10-6-3-7-11-17/h2-11,18-20,23H,12-15H2,1H3. The van der Waals surface area contributed by atoms with Gasteiger partial charge in [-0.3, -0.25) is 14.5 Å². The molecule has 0 amide bonds. The van der Waals surface area contributed by atoms with Crippen molar-refractivity contribution in [3.05, 3.63) is 71.8 Å². The molecule has 2 aromatic rings. The molecule has 2 saturated heterocycles. The van der Waals surface area contributed by atoms with Crippen molar-refractivity contribution in [2.45, 2.75) is 43.7 Å². The number of carbonyl (C=O) groups excluding carboxylic acids is 2. The molecule has 2 heterocycles. The molecular formula is C23H25NO2. The zero-order chi connectivity index (χ0) is 18.1. The fourth-order valence-corrected chi connectivity index (χ4v) is 4.89. The molecule has 0 saturated carbocycles. The van der Waals surface area contributed by atoms with Gasteiger partial charge in [0.15, 0.2) is 5.78 Å². The lowest BCUT2D eigenvalue weighted by molar-refractivity contribution is -0.129. The van der Waals surface area contributed by atoms with E-state index in [2.05, 4.69) is 24.1 Å². The highest BCUT2D eigenvalue weighted by Crippen LogP contribution is 2.44. The zero-order valence-corrected chi connectivity index (χ0v) is 15.2. The van der Waals surface area contributed by atoms with Gasteiger partial charge >= 0.3 is 0 Å². The number of hydrogen-bond donors (Lipinski definition) is 0. The van der Waals surface area contributed by atoms with Gasteiger partial charge in [-0.1, -0.05) is 60.7 Å². The average molecular weight is 347 g/mol. The molecule has 4 rings (SSSR count). The summed E-state index contributed by atoms with van der Waals surface area (Å²) in [5, 5.41) is 0. The van der Waals surface area contributed by atoms with Gasteiger partial charge < -0.3 is 0 Å². The summed E-state index contributed by atoms with van der Waals surface area (Å²) in [5.74, 6) is 0.317. The van der Waals surface area contributed by atoms with Crippen LogP contribution in [0.3, 0.4) is 0 Å². The molecule has 3 nitrogen and oxygen atoms in total. The Morgan fingerprint density at radius 2 is 1.69 bits per heavy atom. The molecular weight excluding hydrogens is 322 g/mol. The predicted molar refractivity (Wildman–Crippen MR) is 102 cm³/mol. The number of hydrogen-bond acceptors (Lipinski definition) is 3. The normalized spacial score (nSPS) is 26.7. The minimum atomic E-state index is -0.0891. The number of nitrogens with zero attached hydrogens (tertiary/aromatic N) is 1. The van der Waals surface area contributed by atoms with Crippen molar-refractivity contribution in [3.8, 4) is 0 Å². The molecule has 4 atom stereocenters. The molecule has 3 heteroatoms. The third-order valence-corrected chi connectivity index (χ3v) is 6.28. The van der Waals surface area contributed by atoms with Crippen molar-refractivity contribution < 1.29 is 9.59 Å². The third kappa shape index (κ3) is 3.12. The molecule has 2 aromatic carbocycles. The first kappa shape index (κ1) is 17.2. The lowest BCUT2D eigenvalue weighted by Crippen LogP contribution is -2.49. The summed E-state index contributed by atoms with van der Waals surface area (Å²) in [6.07, 6.45) is 3.16. The van der Waals surface area contributed by atoms with E-state index in [1.54, 1.807) is 0 Å². The highest BCUT2D eigenvalue weighted by Gasteiger charge is 2.48. The number of ketones is 2. The Bertz CT molecular complexity index is 786. The summed E-state index contributed by atoms with van der Waals surface area (Å²) < 4.78 is 0. The smallest absolute Gasteiger partial charge is 0.163 e. The molecule has 0 aliphatic carbocycles. The zero-order valence-electron chi connectivity index (χ0n) is 15.2. The van der Waals surface area contributed by atoms with Crippen molar-refractivity contribution in [3.63, 3.8) is 0 Å². The Morgan fingerprint density at radius 1 is 1.04 bits per heavy atom. The van der Waals surface area contributed by atoms with Crippen LogP contribution in [0.1, 0.15) is 47.5 Å². The first-order chi connectivity index (χ1) is 12.6. The fourth-order valence-electron chi connectivity index (χ4n) is 4.89. The maximum atomic E-state index is 13.0. The fraction of sp³-hybridized carbons (Fsp3) is 0.391. The van der Waals surface area contributed by atoms with Crippen LogP contribution in [0.2, 0.25) is 0 Å². The topological polar surface area (TPSA) is 37.4 Å². The van der Waals surface area contributed by atoms with E-state index in [4.69, 9.17) is 0 Å². The second-order valence-corrected chi connectivity index (χ2v) is 7.67. The van der Waals surface area contributed by atoms with E-state index in [0.29, 0.717) is 24.7 Å². The summed E-state index contributed by atoms with van der Waals surface area (Å²) >= 11 is 0. The summed E-state index contributed by atoms with van der Waals surface area (Å²) in [7, 11) is 2.14. The van der Waals surface area contributed by atoms with Crippen molar-refractivity contribution in [2.24, 2.45) is 5.92 Å². The van der Waals surface area contributed by atoms with Gasteiger partial charge in [0.2, 0.25) is 0 Å². The Labute approximate surface area is 155 Å². The van der Waals surface area contributed by atoms with Crippen LogP contribution < -0.4 is 0 Å². The molecule has 2 fully saturated rings. The van der Waals surface area contributed by atoms with Crippen molar-refractivity contribution in [1.29, 1.82) is 0 Å². The maximum Gasteiger partial charge on any atom is 0.163 e. The van der Waals surface area contributed by atoms with Crippen LogP contribution in [0, 0.1) is 5.92 Å². The SMILES string of the molecule is CN1C2CCC1C(C(CC(=O)c1ccccc1)c1ccccc1)C(=O)C2. The lowest BCUT2D eigenvalue weighted by atomic mass is 9.73. The summed E-state index contributed by atoms with van der Waals surface area (Å²) in [5.41, 5.74) is 1.84. The minimum Gasteiger partial charge on any atom is -0.299 e. The Hall–Kier alpha value is -2.26. The highest BCUT2D eigenvalue weighted by molar-refractivity contribution is 5.97. The molecule has 26 heavy (non-hydrogen) atoms. The molecule has 134 valence electrons. The largest absolute Gasteiger partial charge is 0.299 e. The number of piperidine rings is 1. The average Bonchev–Trinajstić information content (AvgIpc) is 2.92. The number of fused-ring (bicyclic) bond motifs is 2. The van der Waals surface area contributed by atoms with Crippen molar-refractivity contribution in [2.75, 3.05) is 7.05 Å². The van der Waals surface area contributed by atoms with Crippen LogP contribution in [-0.2, 0) is 4.79 Å². The van der Waals surface area contributed by atoms with Gasteiger partial charge in [-0.2, -0.15) is 0 Å². The van der Waals surface area contributed by atoms with Gasteiger partial charge in [0.1, 0.15) is 5.78 Å². The van der Waals surface area contributed by atoms with E-state index in [1.807, 2.05) is 48.5 Å². The molecule has 0 spiro atoms. The quantitative estimate of drug-likeness (QED) is 0.764. The Kier molecular flexibility index (Phi) is 4.73. The molecule has 0 radical (unpaired) electrons. The van der Waals surface area contributed by atoms with E-state index in [0.717, 1.165) is 24.0 Å². The van der Waals surface area contributed by atoms with Gasteiger partial charge in [-0.15, -0.1) is 0 Å². The predicted octanol–water partition coefficient (Wildman–Crippen LogP) is 4.10. The lowest BCUT2D eigenvalue weighted by Gasteiger charge is -2.40. The van der Waals surface area contributed by atoms with E-state index >= 15 is 0 Å². The van der Waals surface area contributed by atoms with Crippen molar-refractivity contribution >= 4 is 11.6 Å². The van der Waals surface area contributed by atoms with Crippen LogP contribution in [0.15, 0.2) is 60.7 Å². The van der Waals surface area contributed by atoms with Crippen LogP contribution in [0.4, 0.5) is 0 Å². The molecule has 2 bridgehead atoms. The van der Waals surface area contributed by atoms with Gasteiger partial charge in [0.05, 0.1) is 0 Å². The third-order valence-electron chi connectivity index (χ3n) is 6.28. The molecule has 2 aliphatic rings. The number of benzene rings is 2. The summed E-state index contributed by atoms with van der Waals surface area (Å²) in [6, 6.07) is 20.2. The van der Waals surface area contributed by atoms with Gasteiger partial charge in [0, 0.05) is 42.3 Å². The van der Waals surface area contributed by atoms with Crippen LogP contribution in [0.5, 0.6) is 0 Å². The van der Waals surface area contributed by atoms with Gasteiger partial charge in [-0.05, 0) is 25.5 Å². The van der Waals surface area contributed by atoms with E-state index in [-0.39, 0.29) is 23.7 Å². The van der Waals surface area contributed by atoms with Gasteiger partial charge in [-0.25, -0.2) is 0 Å². The summed E-state index contributed by atoms with van der Waals surface area (Å²) in [6.45, 7) is 0.